The van der Waals surface area contributed by atoms with Gasteiger partial charge in [-0.25, -0.2) is 4.98 Å². The normalized spacial score (nSPS) is 10.9. The van der Waals surface area contributed by atoms with Gasteiger partial charge < -0.3 is 4.98 Å². The Balaban J connectivity index is 2.05. The Hall–Kier alpha value is -1.26. The van der Waals surface area contributed by atoms with Crippen molar-refractivity contribution in [1.29, 1.82) is 0 Å². The number of fused-ring (bicyclic) bond motifs is 1. The van der Waals surface area contributed by atoms with Crippen LogP contribution in [0.15, 0.2) is 51.1 Å². The molecule has 0 saturated heterocycles. The lowest BCUT2D eigenvalue weighted by molar-refractivity contribution is 1.32. The Morgan fingerprint density at radius 1 is 1.27 bits per heavy atom. The SMILES string of the molecule is c1csc(Sc2c[nH]c3ncccc23)c1. The minimum absolute atomic E-state index is 0.955. The maximum atomic E-state index is 4.27. The molecule has 0 aliphatic rings. The van der Waals surface area contributed by atoms with E-state index in [4.69, 9.17) is 0 Å². The van der Waals surface area contributed by atoms with Crippen molar-refractivity contribution < 1.29 is 0 Å². The molecule has 3 rings (SSSR count). The molecular formula is C11H8N2S2. The van der Waals surface area contributed by atoms with Crippen LogP contribution < -0.4 is 0 Å². The summed E-state index contributed by atoms with van der Waals surface area (Å²) in [6.07, 6.45) is 3.82. The van der Waals surface area contributed by atoms with Gasteiger partial charge in [-0.3, -0.25) is 0 Å². The van der Waals surface area contributed by atoms with Crippen LogP contribution in [0.2, 0.25) is 0 Å². The quantitative estimate of drug-likeness (QED) is 0.728. The molecule has 0 atom stereocenters. The Labute approximate surface area is 95.4 Å². The molecule has 0 amide bonds. The number of thiophene rings is 1. The number of rotatable bonds is 2. The van der Waals surface area contributed by atoms with Gasteiger partial charge in [-0.05, 0) is 23.6 Å². The maximum Gasteiger partial charge on any atom is 0.138 e. The first kappa shape index (κ1) is 9.00. The van der Waals surface area contributed by atoms with E-state index in [2.05, 4.69) is 33.5 Å². The molecular weight excluding hydrogens is 224 g/mol. The zero-order chi connectivity index (χ0) is 10.1. The smallest absolute Gasteiger partial charge is 0.138 e. The van der Waals surface area contributed by atoms with E-state index in [0.717, 1.165) is 5.65 Å². The zero-order valence-electron chi connectivity index (χ0n) is 7.81. The number of aromatic amines is 1. The number of aromatic nitrogens is 2. The van der Waals surface area contributed by atoms with Crippen LogP contribution in [0.3, 0.4) is 0 Å². The molecule has 15 heavy (non-hydrogen) atoms. The van der Waals surface area contributed by atoms with Gasteiger partial charge in [-0.1, -0.05) is 17.8 Å². The molecule has 3 heterocycles. The highest BCUT2D eigenvalue weighted by Crippen LogP contribution is 2.35. The first-order valence-electron chi connectivity index (χ1n) is 4.57. The lowest BCUT2D eigenvalue weighted by Gasteiger charge is -1.94. The van der Waals surface area contributed by atoms with E-state index in [1.165, 1.54) is 14.5 Å². The van der Waals surface area contributed by atoms with E-state index in [0.29, 0.717) is 0 Å². The number of nitrogens with zero attached hydrogens (tertiary/aromatic N) is 1. The Morgan fingerprint density at radius 3 is 3.13 bits per heavy atom. The summed E-state index contributed by atoms with van der Waals surface area (Å²) in [7, 11) is 0. The van der Waals surface area contributed by atoms with E-state index in [1.54, 1.807) is 29.3 Å². The standard InChI is InChI=1S/C11H8N2S2/c1-3-8-9(7-13-11(8)12-5-1)15-10-4-2-6-14-10/h1-7H,(H,12,13). The van der Waals surface area contributed by atoms with Crippen molar-refractivity contribution in [1.82, 2.24) is 9.97 Å². The van der Waals surface area contributed by atoms with Crippen LogP contribution >= 0.6 is 23.1 Å². The van der Waals surface area contributed by atoms with Crippen LogP contribution in [0.25, 0.3) is 11.0 Å². The predicted octanol–water partition coefficient (Wildman–Crippen LogP) is 3.78. The van der Waals surface area contributed by atoms with Crippen LogP contribution in [0.1, 0.15) is 0 Å². The molecule has 3 aromatic heterocycles. The van der Waals surface area contributed by atoms with Crippen LogP contribution in [0.5, 0.6) is 0 Å². The first-order chi connectivity index (χ1) is 7.43. The fraction of sp³-hybridized carbons (Fsp3) is 0. The van der Waals surface area contributed by atoms with Gasteiger partial charge in [-0.15, -0.1) is 11.3 Å². The minimum Gasteiger partial charge on any atom is -0.345 e. The van der Waals surface area contributed by atoms with Crippen molar-refractivity contribution >= 4 is 34.1 Å². The number of hydrogen-bond acceptors (Lipinski definition) is 3. The summed E-state index contributed by atoms with van der Waals surface area (Å²) in [6, 6.07) is 8.26. The topological polar surface area (TPSA) is 28.7 Å². The molecule has 0 unspecified atom stereocenters. The molecule has 0 radical (unpaired) electrons. The van der Waals surface area contributed by atoms with Gasteiger partial charge in [0.2, 0.25) is 0 Å². The minimum atomic E-state index is 0.955. The highest BCUT2D eigenvalue weighted by molar-refractivity contribution is 8.01. The second-order valence-electron chi connectivity index (χ2n) is 3.09. The van der Waals surface area contributed by atoms with Gasteiger partial charge in [0.25, 0.3) is 0 Å². The number of pyridine rings is 1. The molecule has 1 N–H and O–H groups in total. The van der Waals surface area contributed by atoms with Crippen molar-refractivity contribution in [3.05, 3.63) is 42.0 Å². The summed E-state index contributed by atoms with van der Waals surface area (Å²) in [5, 5.41) is 3.28. The lowest BCUT2D eigenvalue weighted by Crippen LogP contribution is -1.72. The van der Waals surface area contributed by atoms with Crippen molar-refractivity contribution in [3.8, 4) is 0 Å². The largest absolute Gasteiger partial charge is 0.345 e. The van der Waals surface area contributed by atoms with E-state index < -0.39 is 0 Å². The summed E-state index contributed by atoms with van der Waals surface area (Å²) in [5.41, 5.74) is 0.955. The highest BCUT2D eigenvalue weighted by atomic mass is 32.2. The monoisotopic (exact) mass is 232 g/mol. The van der Waals surface area contributed by atoms with Gasteiger partial charge >= 0.3 is 0 Å². The summed E-state index contributed by atoms with van der Waals surface area (Å²) in [4.78, 5) is 8.68. The molecule has 0 bridgehead atoms. The molecule has 2 nitrogen and oxygen atoms in total. The molecule has 0 fully saturated rings. The second-order valence-corrected chi connectivity index (χ2v) is 5.38. The van der Waals surface area contributed by atoms with Crippen molar-refractivity contribution in [2.75, 3.05) is 0 Å². The number of nitrogens with one attached hydrogen (secondary N) is 1. The fourth-order valence-electron chi connectivity index (χ4n) is 1.45. The fourth-order valence-corrected chi connectivity index (χ4v) is 3.28. The van der Waals surface area contributed by atoms with E-state index in [9.17, 15) is 0 Å². The summed E-state index contributed by atoms with van der Waals surface area (Å²) < 4.78 is 1.31. The second kappa shape index (κ2) is 3.72. The molecule has 3 aromatic rings. The third-order valence-electron chi connectivity index (χ3n) is 2.12. The van der Waals surface area contributed by atoms with Crippen molar-refractivity contribution in [2.24, 2.45) is 0 Å². The highest BCUT2D eigenvalue weighted by Gasteiger charge is 2.05. The molecule has 0 saturated carbocycles. The Kier molecular flexibility index (Phi) is 2.23. The van der Waals surface area contributed by atoms with Gasteiger partial charge in [0.15, 0.2) is 0 Å². The number of hydrogen-bond donors (Lipinski definition) is 1. The molecule has 74 valence electrons. The number of H-pyrrole nitrogens is 1. The van der Waals surface area contributed by atoms with Crippen molar-refractivity contribution in [2.45, 2.75) is 9.10 Å². The Morgan fingerprint density at radius 2 is 2.27 bits per heavy atom. The molecule has 0 spiro atoms. The summed E-state index contributed by atoms with van der Waals surface area (Å²) >= 11 is 3.54. The summed E-state index contributed by atoms with van der Waals surface area (Å²) in [5.74, 6) is 0. The van der Waals surface area contributed by atoms with Crippen LogP contribution in [0, 0.1) is 0 Å². The maximum absolute atomic E-state index is 4.27. The van der Waals surface area contributed by atoms with Gasteiger partial charge in [0.05, 0.1) is 4.21 Å². The van der Waals surface area contributed by atoms with Gasteiger partial charge in [0.1, 0.15) is 5.65 Å². The van der Waals surface area contributed by atoms with E-state index >= 15 is 0 Å². The van der Waals surface area contributed by atoms with E-state index in [-0.39, 0.29) is 0 Å². The van der Waals surface area contributed by atoms with Crippen LogP contribution in [0.4, 0.5) is 0 Å². The van der Waals surface area contributed by atoms with Gasteiger partial charge in [0, 0.05) is 22.7 Å². The molecule has 0 aliphatic heterocycles. The molecule has 0 aromatic carbocycles. The molecule has 0 aliphatic carbocycles. The van der Waals surface area contributed by atoms with Gasteiger partial charge in [-0.2, -0.15) is 0 Å². The van der Waals surface area contributed by atoms with E-state index in [1.807, 2.05) is 12.3 Å². The predicted molar refractivity (Wildman–Crippen MR) is 64.5 cm³/mol. The summed E-state index contributed by atoms with van der Waals surface area (Å²) in [6.45, 7) is 0. The average Bonchev–Trinajstić information content (AvgIpc) is 2.89. The first-order valence-corrected chi connectivity index (χ1v) is 6.26. The lowest BCUT2D eigenvalue weighted by atomic mass is 10.3. The van der Waals surface area contributed by atoms with Crippen molar-refractivity contribution in [3.63, 3.8) is 0 Å². The average molecular weight is 232 g/mol. The van der Waals surface area contributed by atoms with Crippen LogP contribution in [-0.4, -0.2) is 9.97 Å². The van der Waals surface area contributed by atoms with Crippen LogP contribution in [-0.2, 0) is 0 Å². The molecule has 4 heteroatoms. The zero-order valence-corrected chi connectivity index (χ0v) is 9.44. The third-order valence-corrected chi connectivity index (χ3v) is 4.21. The Bertz CT molecular complexity index is 569. The third kappa shape index (κ3) is 1.66.